The highest BCUT2D eigenvalue weighted by atomic mass is 35.5. The summed E-state index contributed by atoms with van der Waals surface area (Å²) in [7, 11) is 2.06. The van der Waals surface area contributed by atoms with Gasteiger partial charge in [-0.25, -0.2) is 0 Å². The van der Waals surface area contributed by atoms with Gasteiger partial charge >= 0.3 is 0 Å². The van der Waals surface area contributed by atoms with Gasteiger partial charge in [-0.05, 0) is 62.0 Å². The van der Waals surface area contributed by atoms with Crippen molar-refractivity contribution in [2.24, 2.45) is 0 Å². The second kappa shape index (κ2) is 9.04. The molecular weight excluding hydrogens is 374 g/mol. The molecule has 5 nitrogen and oxygen atoms in total. The van der Waals surface area contributed by atoms with Gasteiger partial charge in [-0.2, -0.15) is 0 Å². The maximum atomic E-state index is 12.6. The fourth-order valence-electron chi connectivity index (χ4n) is 2.99. The van der Waals surface area contributed by atoms with Crippen molar-refractivity contribution in [3.63, 3.8) is 0 Å². The number of carbonyl (C=O) groups excluding carboxylic acids is 2. The molecule has 6 heteroatoms. The zero-order chi connectivity index (χ0) is 20.1. The van der Waals surface area contributed by atoms with Crippen LogP contribution < -0.4 is 5.32 Å². The molecule has 1 aliphatic heterocycles. The molecular formula is C22H24ClN3O2. The summed E-state index contributed by atoms with van der Waals surface area (Å²) < 4.78 is 0. The average Bonchev–Trinajstić information content (AvgIpc) is 2.70. The highest BCUT2D eigenvalue weighted by Crippen LogP contribution is 2.16. The number of hydrogen-bond acceptors (Lipinski definition) is 3. The summed E-state index contributed by atoms with van der Waals surface area (Å²) in [6, 6.07) is 14.3. The number of piperazine rings is 1. The van der Waals surface area contributed by atoms with Crippen LogP contribution in [-0.2, 0) is 4.79 Å². The van der Waals surface area contributed by atoms with Crippen LogP contribution in [0.25, 0.3) is 6.08 Å². The molecule has 1 saturated heterocycles. The average molecular weight is 398 g/mol. The van der Waals surface area contributed by atoms with E-state index in [1.807, 2.05) is 17.0 Å². The summed E-state index contributed by atoms with van der Waals surface area (Å²) in [5, 5.41) is 3.52. The van der Waals surface area contributed by atoms with Crippen molar-refractivity contribution in [1.82, 2.24) is 9.80 Å². The summed E-state index contributed by atoms with van der Waals surface area (Å²) in [6.07, 6.45) is 1.80. The number of rotatable bonds is 4. The lowest BCUT2D eigenvalue weighted by Crippen LogP contribution is -2.47. The summed E-state index contributed by atoms with van der Waals surface area (Å²) in [4.78, 5) is 29.1. The van der Waals surface area contributed by atoms with Gasteiger partial charge in [0, 0.05) is 48.0 Å². The van der Waals surface area contributed by atoms with Crippen LogP contribution in [0.3, 0.4) is 0 Å². The summed E-state index contributed by atoms with van der Waals surface area (Å²) in [5.74, 6) is -0.155. The fraction of sp³-hybridized carbons (Fsp3) is 0.273. The molecule has 0 atom stereocenters. The number of benzene rings is 2. The Balaban J connectivity index is 1.61. The molecule has 0 aliphatic carbocycles. The highest BCUT2D eigenvalue weighted by Gasteiger charge is 2.20. The Morgan fingerprint density at radius 3 is 2.18 bits per heavy atom. The zero-order valence-corrected chi connectivity index (χ0v) is 16.9. The van der Waals surface area contributed by atoms with Gasteiger partial charge in [-0.15, -0.1) is 0 Å². The first-order chi connectivity index (χ1) is 13.4. The van der Waals surface area contributed by atoms with E-state index in [1.54, 1.807) is 49.4 Å². The van der Waals surface area contributed by atoms with Crippen LogP contribution in [0, 0.1) is 0 Å². The van der Waals surface area contributed by atoms with Crippen LogP contribution >= 0.6 is 11.6 Å². The number of carbonyl (C=O) groups is 2. The van der Waals surface area contributed by atoms with E-state index in [-0.39, 0.29) is 11.8 Å². The largest absolute Gasteiger partial charge is 0.336 e. The molecule has 0 bridgehead atoms. The lowest BCUT2D eigenvalue weighted by molar-refractivity contribution is -0.112. The van der Waals surface area contributed by atoms with Gasteiger partial charge in [0.15, 0.2) is 0 Å². The van der Waals surface area contributed by atoms with Crippen molar-refractivity contribution in [2.45, 2.75) is 6.92 Å². The number of halogens is 1. The second-order valence-corrected chi connectivity index (χ2v) is 7.44. The molecule has 28 heavy (non-hydrogen) atoms. The molecule has 0 saturated carbocycles. The van der Waals surface area contributed by atoms with Crippen LogP contribution in [0.5, 0.6) is 0 Å². The van der Waals surface area contributed by atoms with Gasteiger partial charge in [0.2, 0.25) is 0 Å². The van der Waals surface area contributed by atoms with Crippen LogP contribution in [0.15, 0.2) is 54.1 Å². The summed E-state index contributed by atoms with van der Waals surface area (Å²) >= 11 is 5.88. The number of anilines is 1. The molecule has 2 aromatic rings. The third-order valence-corrected chi connectivity index (χ3v) is 5.04. The first kappa shape index (κ1) is 20.1. The first-order valence-electron chi connectivity index (χ1n) is 9.25. The van der Waals surface area contributed by atoms with Gasteiger partial charge in [0.1, 0.15) is 0 Å². The van der Waals surface area contributed by atoms with Gasteiger partial charge in [0.05, 0.1) is 0 Å². The van der Waals surface area contributed by atoms with Crippen molar-refractivity contribution >= 4 is 35.2 Å². The molecule has 146 valence electrons. The number of amides is 2. The lowest BCUT2D eigenvalue weighted by atomic mass is 10.1. The van der Waals surface area contributed by atoms with E-state index in [0.29, 0.717) is 21.8 Å². The Labute approximate surface area is 170 Å². The minimum Gasteiger partial charge on any atom is -0.336 e. The smallest absolute Gasteiger partial charge is 0.253 e. The number of hydrogen-bond donors (Lipinski definition) is 1. The Hall–Kier alpha value is -2.63. The van der Waals surface area contributed by atoms with Crippen LogP contribution in [0.2, 0.25) is 5.02 Å². The van der Waals surface area contributed by atoms with E-state index >= 15 is 0 Å². The lowest BCUT2D eigenvalue weighted by Gasteiger charge is -2.32. The molecule has 1 aliphatic rings. The Kier molecular flexibility index (Phi) is 6.49. The molecule has 0 unspecified atom stereocenters. The molecule has 2 aromatic carbocycles. The molecule has 1 heterocycles. The standard InChI is InChI=1S/C22H24ClN3O2/c1-16(15-17-3-7-19(23)8-4-17)21(27)24-20-9-5-18(6-10-20)22(28)26-13-11-25(2)12-14-26/h3-10,15H,11-14H2,1-2H3,(H,24,27)/b16-15+. The molecule has 0 radical (unpaired) electrons. The summed E-state index contributed by atoms with van der Waals surface area (Å²) in [5.41, 5.74) is 2.78. The number of likely N-dealkylation sites (N-methyl/N-ethyl adjacent to an activating group) is 1. The normalized spacial score (nSPS) is 15.4. The monoisotopic (exact) mass is 397 g/mol. The maximum Gasteiger partial charge on any atom is 0.253 e. The third-order valence-electron chi connectivity index (χ3n) is 4.79. The quantitative estimate of drug-likeness (QED) is 0.799. The summed E-state index contributed by atoms with van der Waals surface area (Å²) in [6.45, 7) is 5.01. The highest BCUT2D eigenvalue weighted by molar-refractivity contribution is 6.30. The first-order valence-corrected chi connectivity index (χ1v) is 9.63. The van der Waals surface area contributed by atoms with Crippen molar-refractivity contribution in [3.8, 4) is 0 Å². The van der Waals surface area contributed by atoms with Gasteiger partial charge in [0.25, 0.3) is 11.8 Å². The minimum atomic E-state index is -0.187. The minimum absolute atomic E-state index is 0.0322. The van der Waals surface area contributed by atoms with Crippen molar-refractivity contribution in [2.75, 3.05) is 38.5 Å². The predicted molar refractivity (Wildman–Crippen MR) is 114 cm³/mol. The van der Waals surface area contributed by atoms with E-state index in [0.717, 1.165) is 31.7 Å². The molecule has 1 fully saturated rings. The maximum absolute atomic E-state index is 12.6. The van der Waals surface area contributed by atoms with Gasteiger partial charge in [-0.3, -0.25) is 9.59 Å². The van der Waals surface area contributed by atoms with Crippen molar-refractivity contribution in [3.05, 3.63) is 70.3 Å². The van der Waals surface area contributed by atoms with E-state index in [1.165, 1.54) is 0 Å². The molecule has 1 N–H and O–H groups in total. The molecule has 0 aromatic heterocycles. The SMILES string of the molecule is C/C(=C\c1ccc(Cl)cc1)C(=O)Nc1ccc(C(=O)N2CCN(C)CC2)cc1. The molecule has 3 rings (SSSR count). The van der Waals surface area contributed by atoms with Gasteiger partial charge in [-0.1, -0.05) is 23.7 Å². The van der Waals surface area contributed by atoms with Crippen LogP contribution in [0.4, 0.5) is 5.69 Å². The van der Waals surface area contributed by atoms with Crippen LogP contribution in [0.1, 0.15) is 22.8 Å². The number of nitrogens with zero attached hydrogens (tertiary/aromatic N) is 2. The van der Waals surface area contributed by atoms with Crippen molar-refractivity contribution < 1.29 is 9.59 Å². The van der Waals surface area contributed by atoms with E-state index in [4.69, 9.17) is 11.6 Å². The third kappa shape index (κ3) is 5.21. The Morgan fingerprint density at radius 2 is 1.57 bits per heavy atom. The fourth-order valence-corrected chi connectivity index (χ4v) is 3.12. The molecule has 0 spiro atoms. The number of nitrogens with one attached hydrogen (secondary N) is 1. The van der Waals surface area contributed by atoms with Gasteiger partial charge < -0.3 is 15.1 Å². The second-order valence-electron chi connectivity index (χ2n) is 7.01. The van der Waals surface area contributed by atoms with E-state index in [2.05, 4.69) is 17.3 Å². The van der Waals surface area contributed by atoms with Crippen LogP contribution in [-0.4, -0.2) is 54.8 Å². The topological polar surface area (TPSA) is 52.7 Å². The Bertz CT molecular complexity index is 868. The molecule has 2 amide bonds. The van der Waals surface area contributed by atoms with E-state index in [9.17, 15) is 9.59 Å². The predicted octanol–water partition coefficient (Wildman–Crippen LogP) is 3.77. The zero-order valence-electron chi connectivity index (χ0n) is 16.1. The van der Waals surface area contributed by atoms with Crippen molar-refractivity contribution in [1.29, 1.82) is 0 Å². The van der Waals surface area contributed by atoms with E-state index < -0.39 is 0 Å². The Morgan fingerprint density at radius 1 is 0.964 bits per heavy atom.